The molecule has 1 heterocycles. The van der Waals surface area contributed by atoms with Crippen LogP contribution in [-0.4, -0.2) is 39.5 Å². The standard InChI is InChI=1S/C23H25N3O3S/c1-5-26-22(29)20(13-21(28)24-19-11-14(2)10-15(3)12-19)30-23(26)25-18-8-6-17(7-9-18)16(4)27/h6-12,20H,5,13H2,1-4H3,(H,24,28). The number of thioether (sulfide) groups is 1. The fraction of sp³-hybridized carbons (Fsp3) is 0.304. The first-order valence-electron chi connectivity index (χ1n) is 9.82. The number of rotatable bonds is 6. The lowest BCUT2D eigenvalue weighted by atomic mass is 10.1. The third-order valence-electron chi connectivity index (χ3n) is 4.71. The molecule has 0 spiro atoms. The number of amidine groups is 1. The fourth-order valence-corrected chi connectivity index (χ4v) is 4.55. The minimum atomic E-state index is -0.508. The van der Waals surface area contributed by atoms with Crippen LogP contribution in [0.25, 0.3) is 0 Å². The van der Waals surface area contributed by atoms with Crippen molar-refractivity contribution in [3.8, 4) is 0 Å². The smallest absolute Gasteiger partial charge is 0.242 e. The van der Waals surface area contributed by atoms with E-state index >= 15 is 0 Å². The van der Waals surface area contributed by atoms with Gasteiger partial charge in [0.1, 0.15) is 5.25 Å². The maximum absolute atomic E-state index is 12.8. The van der Waals surface area contributed by atoms with Gasteiger partial charge in [0.05, 0.1) is 5.69 Å². The zero-order chi connectivity index (χ0) is 21.8. The third kappa shape index (κ3) is 5.16. The van der Waals surface area contributed by atoms with Gasteiger partial charge < -0.3 is 5.32 Å². The molecule has 1 atom stereocenters. The number of carbonyl (C=O) groups is 3. The summed E-state index contributed by atoms with van der Waals surface area (Å²) in [6, 6.07) is 12.8. The molecule has 6 nitrogen and oxygen atoms in total. The van der Waals surface area contributed by atoms with Gasteiger partial charge in [-0.1, -0.05) is 17.8 Å². The minimum Gasteiger partial charge on any atom is -0.326 e. The number of hydrogen-bond acceptors (Lipinski definition) is 5. The van der Waals surface area contributed by atoms with Gasteiger partial charge >= 0.3 is 0 Å². The predicted octanol–water partition coefficient (Wildman–Crippen LogP) is 4.49. The molecule has 0 aliphatic carbocycles. The molecule has 7 heteroatoms. The van der Waals surface area contributed by atoms with Crippen molar-refractivity contribution < 1.29 is 14.4 Å². The Balaban J connectivity index is 1.71. The monoisotopic (exact) mass is 423 g/mol. The number of Topliss-reactive ketones (excluding diaryl/α,β-unsaturated/α-hetero) is 1. The van der Waals surface area contributed by atoms with Crippen LogP contribution in [0.2, 0.25) is 0 Å². The topological polar surface area (TPSA) is 78.8 Å². The average molecular weight is 424 g/mol. The van der Waals surface area contributed by atoms with Crippen molar-refractivity contribution in [2.45, 2.75) is 39.4 Å². The summed E-state index contributed by atoms with van der Waals surface area (Å²) in [5, 5.41) is 2.95. The Bertz CT molecular complexity index is 995. The molecule has 1 saturated heterocycles. The Hall–Kier alpha value is -2.93. The minimum absolute atomic E-state index is 0.00955. The molecule has 1 aliphatic rings. The Morgan fingerprint density at radius 3 is 2.30 bits per heavy atom. The zero-order valence-electron chi connectivity index (χ0n) is 17.6. The van der Waals surface area contributed by atoms with E-state index in [1.54, 1.807) is 29.2 Å². The first kappa shape index (κ1) is 21.8. The van der Waals surface area contributed by atoms with E-state index in [2.05, 4.69) is 10.3 Å². The van der Waals surface area contributed by atoms with E-state index in [-0.39, 0.29) is 24.0 Å². The first-order valence-corrected chi connectivity index (χ1v) is 10.7. The summed E-state index contributed by atoms with van der Waals surface area (Å²) in [6.45, 7) is 7.82. The highest BCUT2D eigenvalue weighted by Gasteiger charge is 2.38. The summed E-state index contributed by atoms with van der Waals surface area (Å²) in [5.74, 6) is -0.323. The summed E-state index contributed by atoms with van der Waals surface area (Å²) in [4.78, 5) is 42.9. The van der Waals surface area contributed by atoms with E-state index < -0.39 is 5.25 Å². The number of ketones is 1. The van der Waals surface area contributed by atoms with E-state index in [4.69, 9.17) is 0 Å². The van der Waals surface area contributed by atoms with Crippen LogP contribution in [0.1, 0.15) is 41.8 Å². The summed E-state index contributed by atoms with van der Waals surface area (Å²) in [6.07, 6.45) is 0.0787. The van der Waals surface area contributed by atoms with E-state index in [0.717, 1.165) is 16.8 Å². The molecule has 1 unspecified atom stereocenters. The van der Waals surface area contributed by atoms with Crippen molar-refractivity contribution in [2.24, 2.45) is 4.99 Å². The van der Waals surface area contributed by atoms with Gasteiger partial charge in [0.25, 0.3) is 0 Å². The van der Waals surface area contributed by atoms with Crippen LogP contribution >= 0.6 is 11.8 Å². The number of nitrogens with one attached hydrogen (secondary N) is 1. The third-order valence-corrected chi connectivity index (χ3v) is 5.89. The van der Waals surface area contributed by atoms with Crippen LogP contribution in [0.3, 0.4) is 0 Å². The van der Waals surface area contributed by atoms with Crippen molar-refractivity contribution >= 4 is 45.9 Å². The summed E-state index contributed by atoms with van der Waals surface area (Å²) in [7, 11) is 0. The Morgan fingerprint density at radius 1 is 1.10 bits per heavy atom. The lowest BCUT2D eigenvalue weighted by Crippen LogP contribution is -2.33. The molecule has 156 valence electrons. The predicted molar refractivity (Wildman–Crippen MR) is 121 cm³/mol. The van der Waals surface area contributed by atoms with E-state index in [0.29, 0.717) is 23.0 Å². The van der Waals surface area contributed by atoms with E-state index in [9.17, 15) is 14.4 Å². The highest BCUT2D eigenvalue weighted by molar-refractivity contribution is 8.15. The van der Waals surface area contributed by atoms with Gasteiger partial charge in [0, 0.05) is 24.2 Å². The molecule has 30 heavy (non-hydrogen) atoms. The first-order chi connectivity index (χ1) is 14.3. The van der Waals surface area contributed by atoms with Crippen molar-refractivity contribution in [1.29, 1.82) is 0 Å². The second-order valence-corrected chi connectivity index (χ2v) is 8.49. The van der Waals surface area contributed by atoms with E-state index in [1.165, 1.54) is 18.7 Å². The van der Waals surface area contributed by atoms with Crippen molar-refractivity contribution in [3.05, 3.63) is 59.2 Å². The number of anilines is 1. The van der Waals surface area contributed by atoms with Crippen LogP contribution in [0.5, 0.6) is 0 Å². The normalized spacial score (nSPS) is 17.5. The van der Waals surface area contributed by atoms with Crippen molar-refractivity contribution in [3.63, 3.8) is 0 Å². The molecule has 1 N–H and O–H groups in total. The van der Waals surface area contributed by atoms with Gasteiger partial charge in [-0.25, -0.2) is 4.99 Å². The molecule has 3 rings (SSSR count). The fourth-order valence-electron chi connectivity index (χ4n) is 3.32. The number of hydrogen-bond donors (Lipinski definition) is 1. The Kier molecular flexibility index (Phi) is 6.72. The Morgan fingerprint density at radius 2 is 1.73 bits per heavy atom. The maximum atomic E-state index is 12.8. The number of benzene rings is 2. The summed E-state index contributed by atoms with van der Waals surface area (Å²) < 4.78 is 0. The van der Waals surface area contributed by atoms with Gasteiger partial charge in [0.2, 0.25) is 11.8 Å². The highest BCUT2D eigenvalue weighted by atomic mass is 32.2. The number of aliphatic imine (C=N–C) groups is 1. The van der Waals surface area contributed by atoms with Crippen molar-refractivity contribution in [2.75, 3.05) is 11.9 Å². The molecular weight excluding hydrogens is 398 g/mol. The molecule has 0 bridgehead atoms. The van der Waals surface area contributed by atoms with Gasteiger partial charge in [-0.05, 0) is 75.2 Å². The summed E-state index contributed by atoms with van der Waals surface area (Å²) >= 11 is 1.30. The van der Waals surface area contributed by atoms with Gasteiger partial charge in [0.15, 0.2) is 11.0 Å². The lowest BCUT2D eigenvalue weighted by molar-refractivity contribution is -0.128. The molecular formula is C23H25N3O3S. The quantitative estimate of drug-likeness (QED) is 0.695. The average Bonchev–Trinajstić information content (AvgIpc) is 2.95. The SMILES string of the molecule is CCN1C(=O)C(CC(=O)Nc2cc(C)cc(C)c2)SC1=Nc1ccc(C(C)=O)cc1. The molecule has 0 aromatic heterocycles. The van der Waals surface area contributed by atoms with Crippen LogP contribution in [0.4, 0.5) is 11.4 Å². The van der Waals surface area contributed by atoms with E-state index in [1.807, 2.05) is 39.0 Å². The van der Waals surface area contributed by atoms with Crippen LogP contribution in [-0.2, 0) is 9.59 Å². The van der Waals surface area contributed by atoms with Gasteiger partial charge in [-0.2, -0.15) is 0 Å². The lowest BCUT2D eigenvalue weighted by Gasteiger charge is -2.13. The summed E-state index contributed by atoms with van der Waals surface area (Å²) in [5.41, 5.74) is 4.15. The molecule has 1 fully saturated rings. The largest absolute Gasteiger partial charge is 0.326 e. The highest BCUT2D eigenvalue weighted by Crippen LogP contribution is 2.32. The van der Waals surface area contributed by atoms with Crippen LogP contribution in [0, 0.1) is 13.8 Å². The molecule has 1 aliphatic heterocycles. The maximum Gasteiger partial charge on any atom is 0.242 e. The number of nitrogens with zero attached hydrogens (tertiary/aromatic N) is 2. The molecule has 2 aromatic carbocycles. The second-order valence-electron chi connectivity index (χ2n) is 7.32. The number of carbonyl (C=O) groups excluding carboxylic acids is 3. The molecule has 2 amide bonds. The molecule has 2 aromatic rings. The second kappa shape index (κ2) is 9.26. The molecule has 0 radical (unpaired) electrons. The van der Waals surface area contributed by atoms with Crippen LogP contribution in [0.15, 0.2) is 47.5 Å². The number of aryl methyl sites for hydroxylation is 2. The zero-order valence-corrected chi connectivity index (χ0v) is 18.4. The van der Waals surface area contributed by atoms with Crippen LogP contribution < -0.4 is 5.32 Å². The van der Waals surface area contributed by atoms with Crippen molar-refractivity contribution in [1.82, 2.24) is 4.90 Å². The molecule has 0 saturated carbocycles. The van der Waals surface area contributed by atoms with Gasteiger partial charge in [-0.3, -0.25) is 19.3 Å². The Labute approximate surface area is 180 Å². The van der Waals surface area contributed by atoms with Gasteiger partial charge in [-0.15, -0.1) is 0 Å². The number of amides is 2.